The van der Waals surface area contributed by atoms with Crippen LogP contribution >= 0.6 is 0 Å². The summed E-state index contributed by atoms with van der Waals surface area (Å²) in [5.74, 6) is -1.75. The first-order valence-electron chi connectivity index (χ1n) is 13.2. The quantitative estimate of drug-likeness (QED) is 0.239. The van der Waals surface area contributed by atoms with Gasteiger partial charge in [0.25, 0.3) is 0 Å². The number of carbonyl (C=O) groups is 2. The predicted molar refractivity (Wildman–Crippen MR) is 139 cm³/mol. The highest BCUT2D eigenvalue weighted by molar-refractivity contribution is 5.86. The van der Waals surface area contributed by atoms with Crippen LogP contribution in [0.5, 0.6) is 5.75 Å². The van der Waals surface area contributed by atoms with E-state index in [2.05, 4.69) is 6.92 Å². The smallest absolute Gasteiger partial charge is 0.314 e. The second-order valence-electron chi connectivity index (χ2n) is 9.60. The predicted octanol–water partition coefficient (Wildman–Crippen LogP) is 7.38. The van der Waals surface area contributed by atoms with Crippen LogP contribution in [-0.2, 0) is 14.3 Å². The number of hydrogen-bond donors (Lipinski definition) is 1. The molecule has 0 saturated carbocycles. The number of unbranched alkanes of at least 4 members (excludes halogenated alkanes) is 5. The lowest BCUT2D eigenvalue weighted by Crippen LogP contribution is -2.51. The number of rotatable bonds is 13. The molecule has 0 aliphatic carbocycles. The first kappa shape index (κ1) is 26.8. The summed E-state index contributed by atoms with van der Waals surface area (Å²) < 4.78 is 11.8. The van der Waals surface area contributed by atoms with Crippen molar-refractivity contribution in [3.63, 3.8) is 0 Å². The molecule has 5 heteroatoms. The maximum absolute atomic E-state index is 13.1. The van der Waals surface area contributed by atoms with Gasteiger partial charge >= 0.3 is 11.9 Å². The highest BCUT2D eigenvalue weighted by Gasteiger charge is 2.51. The first-order chi connectivity index (χ1) is 17.0. The second kappa shape index (κ2) is 12.8. The monoisotopic (exact) mass is 480 g/mol. The fourth-order valence-corrected chi connectivity index (χ4v) is 5.22. The Morgan fingerprint density at radius 2 is 1.63 bits per heavy atom. The molecule has 1 heterocycles. The molecule has 2 aromatic rings. The van der Waals surface area contributed by atoms with E-state index >= 15 is 0 Å². The van der Waals surface area contributed by atoms with E-state index in [1.807, 2.05) is 62.4 Å². The van der Waals surface area contributed by atoms with Gasteiger partial charge in [-0.15, -0.1) is 0 Å². The summed E-state index contributed by atoms with van der Waals surface area (Å²) in [6.45, 7) is 6.71. The minimum absolute atomic E-state index is 0.242. The van der Waals surface area contributed by atoms with Crippen molar-refractivity contribution in [3.05, 3.63) is 54.1 Å². The molecule has 0 bridgehead atoms. The number of carbonyl (C=O) groups excluding carboxylic acids is 1. The molecule has 3 rings (SSSR count). The van der Waals surface area contributed by atoms with Crippen molar-refractivity contribution in [1.82, 2.24) is 0 Å². The van der Waals surface area contributed by atoms with E-state index in [0.717, 1.165) is 28.9 Å². The number of ether oxygens (including phenoxy) is 2. The van der Waals surface area contributed by atoms with E-state index in [1.54, 1.807) is 0 Å². The van der Waals surface area contributed by atoms with Crippen molar-refractivity contribution >= 4 is 11.9 Å². The zero-order valence-electron chi connectivity index (χ0n) is 21.4. The van der Waals surface area contributed by atoms with E-state index in [0.29, 0.717) is 19.4 Å². The molecule has 5 nitrogen and oxygen atoms in total. The van der Waals surface area contributed by atoms with Crippen molar-refractivity contribution in [1.29, 1.82) is 0 Å². The molecule has 1 aliphatic heterocycles. The van der Waals surface area contributed by atoms with Gasteiger partial charge < -0.3 is 14.6 Å². The molecule has 2 aromatic carbocycles. The third kappa shape index (κ3) is 6.45. The molecule has 0 aromatic heterocycles. The summed E-state index contributed by atoms with van der Waals surface area (Å²) in [5.41, 5.74) is 1.76. The first-order valence-corrected chi connectivity index (χ1v) is 13.2. The van der Waals surface area contributed by atoms with Crippen LogP contribution in [0.15, 0.2) is 48.5 Å². The molecular weight excluding hydrogens is 440 g/mol. The number of carboxylic acid groups (broad SMARTS) is 1. The van der Waals surface area contributed by atoms with Crippen molar-refractivity contribution in [2.75, 3.05) is 6.61 Å². The average molecular weight is 481 g/mol. The van der Waals surface area contributed by atoms with Gasteiger partial charge in [-0.3, -0.25) is 9.59 Å². The maximum atomic E-state index is 13.1. The van der Waals surface area contributed by atoms with Gasteiger partial charge in [-0.1, -0.05) is 89.3 Å². The van der Waals surface area contributed by atoms with Crippen molar-refractivity contribution in [2.24, 2.45) is 5.92 Å². The van der Waals surface area contributed by atoms with E-state index in [-0.39, 0.29) is 12.4 Å². The zero-order valence-corrected chi connectivity index (χ0v) is 21.4. The Labute approximate surface area is 209 Å². The summed E-state index contributed by atoms with van der Waals surface area (Å²) in [4.78, 5) is 25.3. The highest BCUT2D eigenvalue weighted by atomic mass is 16.6. The van der Waals surface area contributed by atoms with Gasteiger partial charge in [0.1, 0.15) is 11.4 Å². The molecule has 0 spiro atoms. The van der Waals surface area contributed by atoms with Gasteiger partial charge in [-0.05, 0) is 54.5 Å². The Balaban J connectivity index is 1.72. The van der Waals surface area contributed by atoms with Crippen LogP contribution in [0.3, 0.4) is 0 Å². The number of hydrogen-bond acceptors (Lipinski definition) is 4. The Kier molecular flexibility index (Phi) is 9.76. The maximum Gasteiger partial charge on any atom is 0.314 e. The Morgan fingerprint density at radius 1 is 0.971 bits per heavy atom. The number of aliphatic carboxylic acids is 1. The lowest BCUT2D eigenvalue weighted by atomic mass is 9.72. The van der Waals surface area contributed by atoms with E-state index in [1.165, 1.54) is 32.1 Å². The minimum atomic E-state index is -0.941. The SMILES string of the molecule is CCCCCCCCOc1ccc(-c2ccccc2C2C[C@H](C(=O)O)C(CC)(CC)OC2=O)cc1. The van der Waals surface area contributed by atoms with Crippen LogP contribution in [0.2, 0.25) is 0 Å². The van der Waals surface area contributed by atoms with Crippen LogP contribution < -0.4 is 4.74 Å². The Morgan fingerprint density at radius 3 is 2.29 bits per heavy atom. The summed E-state index contributed by atoms with van der Waals surface area (Å²) in [7, 11) is 0. The topological polar surface area (TPSA) is 72.8 Å². The summed E-state index contributed by atoms with van der Waals surface area (Å²) in [6.07, 6.45) is 8.58. The van der Waals surface area contributed by atoms with E-state index < -0.39 is 23.4 Å². The van der Waals surface area contributed by atoms with Crippen LogP contribution in [0.25, 0.3) is 11.1 Å². The third-order valence-electron chi connectivity index (χ3n) is 7.46. The molecule has 190 valence electrons. The van der Waals surface area contributed by atoms with Crippen LogP contribution in [0, 0.1) is 5.92 Å². The van der Waals surface area contributed by atoms with E-state index in [4.69, 9.17) is 9.47 Å². The second-order valence-corrected chi connectivity index (χ2v) is 9.60. The number of esters is 1. The Bertz CT molecular complexity index is 961. The fraction of sp³-hybridized carbons (Fsp3) is 0.533. The van der Waals surface area contributed by atoms with E-state index in [9.17, 15) is 14.7 Å². The van der Waals surface area contributed by atoms with Gasteiger partial charge in [0.15, 0.2) is 0 Å². The molecule has 0 amide bonds. The molecule has 1 N–H and O–H groups in total. The van der Waals surface area contributed by atoms with Crippen LogP contribution in [-0.4, -0.2) is 29.3 Å². The lowest BCUT2D eigenvalue weighted by molar-refractivity contribution is -0.188. The van der Waals surface area contributed by atoms with Crippen LogP contribution in [0.4, 0.5) is 0 Å². The molecular formula is C30H40O5. The summed E-state index contributed by atoms with van der Waals surface area (Å²) in [5, 5.41) is 9.94. The van der Waals surface area contributed by atoms with Crippen molar-refractivity contribution in [2.45, 2.75) is 90.1 Å². The summed E-state index contributed by atoms with van der Waals surface area (Å²) >= 11 is 0. The third-order valence-corrected chi connectivity index (χ3v) is 7.46. The number of benzene rings is 2. The van der Waals surface area contributed by atoms with Gasteiger partial charge in [0.05, 0.1) is 18.4 Å². The molecule has 1 saturated heterocycles. The van der Waals surface area contributed by atoms with Gasteiger partial charge in [0, 0.05) is 0 Å². The van der Waals surface area contributed by atoms with Crippen molar-refractivity contribution < 1.29 is 24.2 Å². The molecule has 2 atom stereocenters. The summed E-state index contributed by atoms with van der Waals surface area (Å²) in [6, 6.07) is 15.6. The molecule has 1 fully saturated rings. The van der Waals surface area contributed by atoms with Gasteiger partial charge in [0.2, 0.25) is 0 Å². The highest BCUT2D eigenvalue weighted by Crippen LogP contribution is 2.45. The fourth-order valence-electron chi connectivity index (χ4n) is 5.22. The lowest BCUT2D eigenvalue weighted by Gasteiger charge is -2.43. The molecule has 1 unspecified atom stereocenters. The van der Waals surface area contributed by atoms with Crippen LogP contribution in [0.1, 0.15) is 90.0 Å². The molecule has 1 aliphatic rings. The van der Waals surface area contributed by atoms with Crippen molar-refractivity contribution in [3.8, 4) is 16.9 Å². The standard InChI is InChI=1S/C30H40O5/c1-4-7-8-9-10-13-20-34-23-18-16-22(17-19-23)24-14-11-12-15-25(24)26-21-27(28(31)32)30(5-2,6-3)35-29(26)33/h11-12,14-19,26-27H,4-10,13,20-21H2,1-3H3,(H,31,32)/t26?,27-/m1/s1. The van der Waals surface area contributed by atoms with Gasteiger partial charge in [-0.25, -0.2) is 0 Å². The normalized spacial score (nSPS) is 19.2. The minimum Gasteiger partial charge on any atom is -0.494 e. The molecule has 35 heavy (non-hydrogen) atoms. The number of carboxylic acids is 1. The Hall–Kier alpha value is -2.82. The largest absolute Gasteiger partial charge is 0.494 e. The zero-order chi connectivity index (χ0) is 25.3. The van der Waals surface area contributed by atoms with Gasteiger partial charge in [-0.2, -0.15) is 0 Å². The number of cyclic esters (lactones) is 1. The molecule has 0 radical (unpaired) electrons. The average Bonchev–Trinajstić information content (AvgIpc) is 2.88.